The summed E-state index contributed by atoms with van der Waals surface area (Å²) in [6, 6.07) is 0. The Bertz CT molecular complexity index is 146. The van der Waals surface area contributed by atoms with E-state index in [1.54, 1.807) is 0 Å². The second-order valence-corrected chi connectivity index (χ2v) is 3.22. The standard InChI is InChI=1S/C7H14O5/c8-2-3-1-4(9)6(11)7(12)5(3)10/h3-12H,1-2H2/t3?,4-,5+,6?,7?/m0/s1. The molecule has 0 bridgehead atoms. The van der Waals surface area contributed by atoms with Gasteiger partial charge < -0.3 is 25.5 Å². The molecule has 0 saturated heterocycles. The summed E-state index contributed by atoms with van der Waals surface area (Å²) in [5, 5.41) is 45.3. The van der Waals surface area contributed by atoms with Gasteiger partial charge in [-0.1, -0.05) is 0 Å². The van der Waals surface area contributed by atoms with Gasteiger partial charge in [0.15, 0.2) is 0 Å². The Kier molecular flexibility index (Phi) is 3.03. The lowest BCUT2D eigenvalue weighted by Gasteiger charge is -2.37. The van der Waals surface area contributed by atoms with E-state index in [0.717, 1.165) is 0 Å². The van der Waals surface area contributed by atoms with E-state index < -0.39 is 30.3 Å². The van der Waals surface area contributed by atoms with Crippen LogP contribution in [0.4, 0.5) is 0 Å². The third-order valence-electron chi connectivity index (χ3n) is 2.36. The Hall–Kier alpha value is -0.200. The molecule has 0 heterocycles. The third kappa shape index (κ3) is 1.60. The van der Waals surface area contributed by atoms with E-state index in [0.29, 0.717) is 0 Å². The minimum Gasteiger partial charge on any atom is -0.396 e. The van der Waals surface area contributed by atoms with Crippen molar-refractivity contribution in [2.45, 2.75) is 30.8 Å². The molecule has 1 rings (SSSR count). The van der Waals surface area contributed by atoms with Gasteiger partial charge in [-0.25, -0.2) is 0 Å². The van der Waals surface area contributed by atoms with E-state index in [2.05, 4.69) is 0 Å². The van der Waals surface area contributed by atoms with Crippen LogP contribution in [-0.2, 0) is 0 Å². The molecule has 5 atom stereocenters. The molecule has 1 aliphatic rings. The quantitative estimate of drug-likeness (QED) is 0.304. The molecule has 1 saturated carbocycles. The maximum atomic E-state index is 9.24. The molecule has 5 N–H and O–H groups in total. The first-order valence-electron chi connectivity index (χ1n) is 3.91. The molecule has 0 aromatic rings. The van der Waals surface area contributed by atoms with Crippen LogP contribution < -0.4 is 0 Å². The van der Waals surface area contributed by atoms with Gasteiger partial charge in [-0.2, -0.15) is 0 Å². The minimum absolute atomic E-state index is 0.107. The highest BCUT2D eigenvalue weighted by Gasteiger charge is 2.41. The smallest absolute Gasteiger partial charge is 0.109 e. The summed E-state index contributed by atoms with van der Waals surface area (Å²) >= 11 is 0. The van der Waals surface area contributed by atoms with Gasteiger partial charge >= 0.3 is 0 Å². The predicted octanol–water partition coefficient (Wildman–Crippen LogP) is -2.56. The summed E-state index contributed by atoms with van der Waals surface area (Å²) < 4.78 is 0. The van der Waals surface area contributed by atoms with E-state index in [4.69, 9.17) is 20.4 Å². The molecule has 0 aromatic heterocycles. The molecule has 12 heavy (non-hydrogen) atoms. The summed E-state index contributed by atoms with van der Waals surface area (Å²) in [6.45, 7) is -0.304. The van der Waals surface area contributed by atoms with Crippen molar-refractivity contribution < 1.29 is 25.5 Å². The molecular formula is C7H14O5. The molecule has 0 aliphatic heterocycles. The van der Waals surface area contributed by atoms with Crippen molar-refractivity contribution in [3.05, 3.63) is 0 Å². The second kappa shape index (κ2) is 3.68. The topological polar surface area (TPSA) is 101 Å². The van der Waals surface area contributed by atoms with Crippen LogP contribution in [0.1, 0.15) is 6.42 Å². The maximum absolute atomic E-state index is 9.24. The molecule has 0 spiro atoms. The molecule has 5 nitrogen and oxygen atoms in total. The van der Waals surface area contributed by atoms with E-state index in [9.17, 15) is 5.11 Å². The summed E-state index contributed by atoms with van der Waals surface area (Å²) in [7, 11) is 0. The Labute approximate surface area is 69.9 Å². The highest BCUT2D eigenvalue weighted by molar-refractivity contribution is 4.91. The molecule has 0 aromatic carbocycles. The summed E-state index contributed by atoms with van der Waals surface area (Å²) in [5.41, 5.74) is 0. The molecule has 0 radical (unpaired) electrons. The van der Waals surface area contributed by atoms with Crippen LogP contribution in [0.2, 0.25) is 0 Å². The van der Waals surface area contributed by atoms with E-state index in [1.165, 1.54) is 0 Å². The molecule has 72 valence electrons. The lowest BCUT2D eigenvalue weighted by atomic mass is 9.81. The van der Waals surface area contributed by atoms with Gasteiger partial charge in [-0.05, 0) is 6.42 Å². The molecule has 1 fully saturated rings. The van der Waals surface area contributed by atoms with Gasteiger partial charge in [0.25, 0.3) is 0 Å². The molecule has 0 amide bonds. The summed E-state index contributed by atoms with van der Waals surface area (Å²) in [4.78, 5) is 0. The SMILES string of the molecule is OCC1C[C@H](O)C(O)C(O)[C@@H]1O. The van der Waals surface area contributed by atoms with Crippen molar-refractivity contribution in [3.8, 4) is 0 Å². The normalized spacial score (nSPS) is 49.2. The van der Waals surface area contributed by atoms with Gasteiger partial charge in [0.05, 0.1) is 12.2 Å². The van der Waals surface area contributed by atoms with Crippen molar-refractivity contribution >= 4 is 0 Å². The number of hydrogen-bond donors (Lipinski definition) is 5. The van der Waals surface area contributed by atoms with Crippen molar-refractivity contribution in [1.29, 1.82) is 0 Å². The van der Waals surface area contributed by atoms with Gasteiger partial charge in [-0.3, -0.25) is 0 Å². The van der Waals surface area contributed by atoms with Gasteiger partial charge in [0, 0.05) is 12.5 Å². The van der Waals surface area contributed by atoms with Crippen LogP contribution in [0.5, 0.6) is 0 Å². The van der Waals surface area contributed by atoms with Gasteiger partial charge in [-0.15, -0.1) is 0 Å². The van der Waals surface area contributed by atoms with Crippen LogP contribution in [0.25, 0.3) is 0 Å². The third-order valence-corrected chi connectivity index (χ3v) is 2.36. The molecule has 1 aliphatic carbocycles. The Morgan fingerprint density at radius 1 is 0.917 bits per heavy atom. The largest absolute Gasteiger partial charge is 0.396 e. The number of rotatable bonds is 1. The first kappa shape index (κ1) is 9.88. The van der Waals surface area contributed by atoms with Crippen LogP contribution in [0.3, 0.4) is 0 Å². The van der Waals surface area contributed by atoms with Gasteiger partial charge in [0.1, 0.15) is 12.2 Å². The lowest BCUT2D eigenvalue weighted by Crippen LogP contribution is -2.54. The Balaban J connectivity index is 2.63. The van der Waals surface area contributed by atoms with Gasteiger partial charge in [0.2, 0.25) is 0 Å². The van der Waals surface area contributed by atoms with E-state index >= 15 is 0 Å². The second-order valence-electron chi connectivity index (χ2n) is 3.22. The van der Waals surface area contributed by atoms with E-state index in [1.807, 2.05) is 0 Å². The highest BCUT2D eigenvalue weighted by Crippen LogP contribution is 2.25. The first-order valence-corrected chi connectivity index (χ1v) is 3.91. The van der Waals surface area contributed by atoms with Crippen molar-refractivity contribution in [3.63, 3.8) is 0 Å². The fraction of sp³-hybridized carbons (Fsp3) is 1.00. The van der Waals surface area contributed by atoms with Crippen LogP contribution in [-0.4, -0.2) is 56.6 Å². The van der Waals surface area contributed by atoms with Crippen molar-refractivity contribution in [1.82, 2.24) is 0 Å². The molecule has 5 heteroatoms. The number of aliphatic hydroxyl groups is 5. The maximum Gasteiger partial charge on any atom is 0.109 e. The Morgan fingerprint density at radius 3 is 2.00 bits per heavy atom. The minimum atomic E-state index is -1.37. The van der Waals surface area contributed by atoms with E-state index in [-0.39, 0.29) is 13.0 Å². The fourth-order valence-corrected chi connectivity index (χ4v) is 1.48. The monoisotopic (exact) mass is 178 g/mol. The van der Waals surface area contributed by atoms with Crippen molar-refractivity contribution in [2.75, 3.05) is 6.61 Å². The average molecular weight is 178 g/mol. The molecular weight excluding hydrogens is 164 g/mol. The average Bonchev–Trinajstić information content (AvgIpc) is 2.08. The zero-order valence-corrected chi connectivity index (χ0v) is 6.54. The fourth-order valence-electron chi connectivity index (χ4n) is 1.48. The zero-order valence-electron chi connectivity index (χ0n) is 6.54. The number of hydrogen-bond acceptors (Lipinski definition) is 5. The predicted molar refractivity (Wildman–Crippen MR) is 39.2 cm³/mol. The molecule has 3 unspecified atom stereocenters. The van der Waals surface area contributed by atoms with Crippen molar-refractivity contribution in [2.24, 2.45) is 5.92 Å². The lowest BCUT2D eigenvalue weighted by molar-refractivity contribution is -0.163. The summed E-state index contributed by atoms with van der Waals surface area (Å²) in [6.07, 6.45) is -4.81. The Morgan fingerprint density at radius 2 is 1.50 bits per heavy atom. The van der Waals surface area contributed by atoms with Crippen LogP contribution in [0.15, 0.2) is 0 Å². The number of aliphatic hydroxyl groups excluding tert-OH is 5. The summed E-state index contributed by atoms with van der Waals surface area (Å²) in [5.74, 6) is -0.557. The van der Waals surface area contributed by atoms with Crippen LogP contribution >= 0.6 is 0 Å². The first-order chi connectivity index (χ1) is 5.57. The van der Waals surface area contributed by atoms with Crippen LogP contribution in [0, 0.1) is 5.92 Å². The highest BCUT2D eigenvalue weighted by atomic mass is 16.4. The zero-order chi connectivity index (χ0) is 9.30.